The average molecular weight is 718 g/mol. The Morgan fingerprint density at radius 2 is 1.41 bits per heavy atom. The van der Waals surface area contributed by atoms with Gasteiger partial charge < -0.3 is 4.90 Å². The van der Waals surface area contributed by atoms with Crippen molar-refractivity contribution in [2.75, 3.05) is 31.6 Å². The molecule has 0 spiro atoms. The number of rotatable bonds is 12. The van der Waals surface area contributed by atoms with Crippen LogP contribution in [0.25, 0.3) is 16.5 Å². The van der Waals surface area contributed by atoms with Crippen molar-refractivity contribution >= 4 is 62.3 Å². The zero-order valence-corrected chi connectivity index (χ0v) is 27.2. The summed E-state index contributed by atoms with van der Waals surface area (Å²) >= 11 is 0. The molecule has 4 rings (SSSR count). The van der Waals surface area contributed by atoms with E-state index in [4.69, 9.17) is 4.55 Å². The van der Waals surface area contributed by atoms with E-state index in [2.05, 4.69) is 15.3 Å². The highest BCUT2D eigenvalue weighted by atomic mass is 32.2. The monoisotopic (exact) mass is 717 g/mol. The Hall–Kier alpha value is -3.83. The Kier molecular flexibility index (Phi) is 9.71. The number of nitrogens with one attached hydrogen (secondary N) is 1. The molecule has 0 saturated carbocycles. The molecule has 17 nitrogen and oxygen atoms in total. The molecule has 248 valence electrons. The molecule has 1 heterocycles. The maximum Gasteiger partial charge on any atom is 0.299 e. The number of hydrogen-bond acceptors (Lipinski definition) is 12. The van der Waals surface area contributed by atoms with Crippen LogP contribution in [0.1, 0.15) is 5.69 Å². The highest BCUT2D eigenvalue weighted by Crippen LogP contribution is 2.36. The lowest BCUT2D eigenvalue weighted by atomic mass is 10.1. The number of fused-ring (bicyclic) bond motifs is 1. The van der Waals surface area contributed by atoms with Gasteiger partial charge in [-0.1, -0.05) is 18.2 Å². The van der Waals surface area contributed by atoms with Gasteiger partial charge in [-0.2, -0.15) is 25.3 Å². The summed E-state index contributed by atoms with van der Waals surface area (Å²) in [6, 6.07) is 10.8. The zero-order chi connectivity index (χ0) is 34.2. The number of sulfone groups is 1. The number of H-pyrrole nitrogens is 1. The van der Waals surface area contributed by atoms with E-state index < -0.39 is 67.0 Å². The van der Waals surface area contributed by atoms with Crippen LogP contribution in [0.2, 0.25) is 0 Å². The fourth-order valence-electron chi connectivity index (χ4n) is 4.39. The van der Waals surface area contributed by atoms with Crippen LogP contribution in [0.3, 0.4) is 0 Å². The standard InChI is InChI=1S/C25H27N5O12S4/c1-16-23(27-26-21-11-10-19-20(24(21)46(40,41)42)4-3-5-22(19)45(37,38)39)25(31)30(28-16)17-6-8-18(9-7-17)43(32,33)14-12-29(2)13-15-44(34,35)36/h3-11,28H,12-15H2,1-2H3,(H,34,35,36)(H,37,38,39)(H,40,41,42). The third-order valence-corrected chi connectivity index (χ3v) is 11.0. The second-order valence-corrected chi connectivity index (χ2v) is 16.5. The summed E-state index contributed by atoms with van der Waals surface area (Å²) in [7, 11) is -16.3. The number of hydrogen-bond donors (Lipinski definition) is 4. The molecule has 0 aliphatic carbocycles. The van der Waals surface area contributed by atoms with Crippen molar-refractivity contribution in [3.63, 3.8) is 0 Å². The minimum atomic E-state index is -5.03. The van der Waals surface area contributed by atoms with Gasteiger partial charge in [0.15, 0.2) is 15.5 Å². The van der Waals surface area contributed by atoms with E-state index in [-0.39, 0.29) is 51.6 Å². The highest BCUT2D eigenvalue weighted by Gasteiger charge is 2.24. The minimum absolute atomic E-state index is 0.0124. The molecule has 0 saturated heterocycles. The summed E-state index contributed by atoms with van der Waals surface area (Å²) in [5.41, 5.74) is -1.06. The van der Waals surface area contributed by atoms with Crippen LogP contribution in [0.5, 0.6) is 0 Å². The van der Waals surface area contributed by atoms with Crippen molar-refractivity contribution in [1.82, 2.24) is 14.7 Å². The molecule has 0 aliphatic heterocycles. The number of azo groups is 1. The Bertz CT molecular complexity index is 2350. The highest BCUT2D eigenvalue weighted by molar-refractivity contribution is 7.91. The topological polar surface area (TPSA) is 263 Å². The molecule has 0 amide bonds. The Morgan fingerprint density at radius 3 is 2.00 bits per heavy atom. The zero-order valence-electron chi connectivity index (χ0n) is 24.0. The molecule has 0 unspecified atom stereocenters. The molecule has 3 aromatic carbocycles. The SMILES string of the molecule is Cc1[nH]n(-c2ccc(S(=O)(=O)CCN(C)CCS(=O)(=O)O)cc2)c(=O)c1N=Nc1ccc2c(S(=O)(=O)O)cccc2c1S(=O)(=O)O. The molecule has 0 radical (unpaired) electrons. The summed E-state index contributed by atoms with van der Waals surface area (Å²) in [6.45, 7) is 1.38. The second-order valence-electron chi connectivity index (χ2n) is 10.0. The first-order chi connectivity index (χ1) is 21.2. The van der Waals surface area contributed by atoms with Crippen molar-refractivity contribution in [1.29, 1.82) is 0 Å². The van der Waals surface area contributed by atoms with Gasteiger partial charge in [-0.25, -0.2) is 13.1 Å². The summed E-state index contributed by atoms with van der Waals surface area (Å²) in [5.74, 6) is -0.899. The molecule has 0 aliphatic rings. The Balaban J connectivity index is 1.63. The maximum atomic E-state index is 13.2. The molecule has 0 atom stereocenters. The molecular formula is C25H27N5O12S4. The van der Waals surface area contributed by atoms with Crippen molar-refractivity contribution in [2.45, 2.75) is 21.6 Å². The first-order valence-electron chi connectivity index (χ1n) is 12.9. The lowest BCUT2D eigenvalue weighted by Crippen LogP contribution is -2.30. The van der Waals surface area contributed by atoms with E-state index in [0.717, 1.165) is 28.9 Å². The number of nitrogens with zero attached hydrogens (tertiary/aromatic N) is 4. The van der Waals surface area contributed by atoms with Crippen LogP contribution in [0.4, 0.5) is 11.4 Å². The van der Waals surface area contributed by atoms with Crippen molar-refractivity contribution in [3.8, 4) is 5.69 Å². The predicted molar refractivity (Wildman–Crippen MR) is 165 cm³/mol. The van der Waals surface area contributed by atoms with E-state index in [9.17, 15) is 47.6 Å². The van der Waals surface area contributed by atoms with Crippen LogP contribution >= 0.6 is 0 Å². The van der Waals surface area contributed by atoms with E-state index in [1.807, 2.05) is 0 Å². The van der Waals surface area contributed by atoms with Gasteiger partial charge in [0.2, 0.25) is 0 Å². The van der Waals surface area contributed by atoms with Gasteiger partial charge >= 0.3 is 0 Å². The summed E-state index contributed by atoms with van der Waals surface area (Å²) < 4.78 is 125. The van der Waals surface area contributed by atoms with Crippen LogP contribution < -0.4 is 5.56 Å². The quantitative estimate of drug-likeness (QED) is 0.121. The largest absolute Gasteiger partial charge is 0.304 e. The van der Waals surface area contributed by atoms with E-state index >= 15 is 0 Å². The normalized spacial score (nSPS) is 13.3. The van der Waals surface area contributed by atoms with Crippen LogP contribution in [-0.4, -0.2) is 93.7 Å². The lowest BCUT2D eigenvalue weighted by molar-refractivity contribution is 0.367. The fraction of sp³-hybridized carbons (Fsp3) is 0.240. The van der Waals surface area contributed by atoms with Crippen molar-refractivity contribution < 1.29 is 47.3 Å². The van der Waals surface area contributed by atoms with Gasteiger partial charge in [0.05, 0.1) is 27.8 Å². The molecule has 0 bridgehead atoms. The van der Waals surface area contributed by atoms with Gasteiger partial charge in [-0.05, 0) is 50.4 Å². The average Bonchev–Trinajstić information content (AvgIpc) is 3.24. The smallest absolute Gasteiger partial charge is 0.299 e. The number of aryl methyl sites for hydroxylation is 1. The van der Waals surface area contributed by atoms with Gasteiger partial charge in [0, 0.05) is 23.9 Å². The Morgan fingerprint density at radius 1 is 0.783 bits per heavy atom. The molecule has 1 aromatic heterocycles. The summed E-state index contributed by atoms with van der Waals surface area (Å²) in [5, 5.41) is 9.95. The minimum Gasteiger partial charge on any atom is -0.304 e. The Labute approximate surface area is 263 Å². The second kappa shape index (κ2) is 12.8. The lowest BCUT2D eigenvalue weighted by Gasteiger charge is -2.15. The van der Waals surface area contributed by atoms with Crippen molar-refractivity contribution in [2.24, 2.45) is 10.2 Å². The van der Waals surface area contributed by atoms with Gasteiger partial charge in [-0.3, -0.25) is 23.6 Å². The fourth-order valence-corrected chi connectivity index (χ4v) is 7.80. The third kappa shape index (κ3) is 7.93. The van der Waals surface area contributed by atoms with Crippen LogP contribution in [0, 0.1) is 6.92 Å². The summed E-state index contributed by atoms with van der Waals surface area (Å²) in [6.07, 6.45) is 0. The first kappa shape index (κ1) is 35.0. The third-order valence-electron chi connectivity index (χ3n) is 6.71. The van der Waals surface area contributed by atoms with E-state index in [0.29, 0.717) is 0 Å². The van der Waals surface area contributed by atoms with E-state index in [1.54, 1.807) is 0 Å². The predicted octanol–water partition coefficient (Wildman–Crippen LogP) is 2.13. The van der Waals surface area contributed by atoms with Gasteiger partial charge in [0.1, 0.15) is 15.5 Å². The molecule has 0 fully saturated rings. The van der Waals surface area contributed by atoms with Crippen molar-refractivity contribution in [3.05, 3.63) is 70.6 Å². The van der Waals surface area contributed by atoms with E-state index in [1.165, 1.54) is 49.2 Å². The molecule has 4 aromatic rings. The summed E-state index contributed by atoms with van der Waals surface area (Å²) in [4.78, 5) is 13.1. The molecule has 4 N–H and O–H groups in total. The molecule has 46 heavy (non-hydrogen) atoms. The molecular weight excluding hydrogens is 691 g/mol. The first-order valence-corrected chi connectivity index (χ1v) is 19.0. The maximum absolute atomic E-state index is 13.2. The number of benzene rings is 3. The molecule has 21 heteroatoms. The van der Waals surface area contributed by atoms with Gasteiger partial charge in [-0.15, -0.1) is 10.2 Å². The number of aromatic nitrogens is 2. The van der Waals surface area contributed by atoms with Crippen LogP contribution in [-0.2, 0) is 40.2 Å². The number of aromatic amines is 1. The van der Waals surface area contributed by atoms with Gasteiger partial charge in [0.25, 0.3) is 35.9 Å². The van der Waals surface area contributed by atoms with Crippen LogP contribution in [0.15, 0.2) is 84.3 Å².